The lowest BCUT2D eigenvalue weighted by molar-refractivity contribution is -0.123. The first-order chi connectivity index (χ1) is 15.4. The number of hydrazine groups is 1. The van der Waals surface area contributed by atoms with Crippen molar-refractivity contribution >= 4 is 29.3 Å². The molecule has 0 saturated carbocycles. The molecule has 0 aliphatic rings. The molecule has 0 aromatic heterocycles. The standard InChI is InChI=1S/C24H22ClN3O4/c1-16(26-23(30)18-5-3-2-4-6-18)22(29)27-28-24(31)19-9-7-17(8-10-19)15-32-21-13-11-20(25)12-14-21/h2-14,16H,15H2,1H3,(H,26,30)(H,27,29)(H,28,31)/t16-/m0/s1. The summed E-state index contributed by atoms with van der Waals surface area (Å²) in [5.74, 6) is -0.718. The molecule has 164 valence electrons. The number of rotatable bonds is 7. The van der Waals surface area contributed by atoms with Gasteiger partial charge in [-0.1, -0.05) is 41.9 Å². The zero-order chi connectivity index (χ0) is 22.9. The van der Waals surface area contributed by atoms with Gasteiger partial charge in [-0.25, -0.2) is 0 Å². The summed E-state index contributed by atoms with van der Waals surface area (Å²) >= 11 is 5.85. The van der Waals surface area contributed by atoms with E-state index in [1.165, 1.54) is 6.92 Å². The molecule has 0 saturated heterocycles. The van der Waals surface area contributed by atoms with Gasteiger partial charge in [0.15, 0.2) is 0 Å². The average molecular weight is 452 g/mol. The van der Waals surface area contributed by atoms with Crippen molar-refractivity contribution in [3.8, 4) is 5.75 Å². The maximum Gasteiger partial charge on any atom is 0.269 e. The molecule has 0 fully saturated rings. The number of halogens is 1. The molecule has 0 heterocycles. The summed E-state index contributed by atoms with van der Waals surface area (Å²) in [6.45, 7) is 1.86. The van der Waals surface area contributed by atoms with Gasteiger partial charge in [0.2, 0.25) is 0 Å². The largest absolute Gasteiger partial charge is 0.489 e. The minimum atomic E-state index is -0.838. The molecule has 3 N–H and O–H groups in total. The summed E-state index contributed by atoms with van der Waals surface area (Å²) in [6, 6.07) is 21.5. The van der Waals surface area contributed by atoms with E-state index in [0.717, 1.165) is 5.56 Å². The highest BCUT2D eigenvalue weighted by Crippen LogP contribution is 2.17. The number of amides is 3. The summed E-state index contributed by atoms with van der Waals surface area (Å²) < 4.78 is 5.67. The van der Waals surface area contributed by atoms with Crippen molar-refractivity contribution in [1.29, 1.82) is 0 Å². The van der Waals surface area contributed by atoms with Crippen molar-refractivity contribution in [2.24, 2.45) is 0 Å². The molecular weight excluding hydrogens is 430 g/mol. The van der Waals surface area contributed by atoms with E-state index in [0.29, 0.717) is 28.5 Å². The van der Waals surface area contributed by atoms with Gasteiger partial charge in [0.25, 0.3) is 17.7 Å². The first-order valence-electron chi connectivity index (χ1n) is 9.86. The number of hydrogen-bond acceptors (Lipinski definition) is 4. The van der Waals surface area contributed by atoms with Gasteiger partial charge in [-0.05, 0) is 61.0 Å². The predicted octanol–water partition coefficient (Wildman–Crippen LogP) is 3.50. The Morgan fingerprint density at radius 1 is 0.812 bits per heavy atom. The van der Waals surface area contributed by atoms with Crippen molar-refractivity contribution < 1.29 is 19.1 Å². The third-order valence-corrected chi connectivity index (χ3v) is 4.76. The molecule has 8 heteroatoms. The summed E-state index contributed by atoms with van der Waals surface area (Å²) in [5, 5.41) is 3.21. The fourth-order valence-electron chi connectivity index (χ4n) is 2.68. The molecule has 0 aliphatic heterocycles. The van der Waals surface area contributed by atoms with Crippen molar-refractivity contribution in [2.45, 2.75) is 19.6 Å². The molecule has 0 radical (unpaired) electrons. The lowest BCUT2D eigenvalue weighted by atomic mass is 10.1. The zero-order valence-electron chi connectivity index (χ0n) is 17.3. The third kappa shape index (κ3) is 6.58. The molecule has 7 nitrogen and oxygen atoms in total. The number of carbonyl (C=O) groups is 3. The minimum Gasteiger partial charge on any atom is -0.489 e. The Kier molecular flexibility index (Phi) is 7.83. The van der Waals surface area contributed by atoms with Crippen LogP contribution in [0.2, 0.25) is 5.02 Å². The van der Waals surface area contributed by atoms with E-state index >= 15 is 0 Å². The Morgan fingerprint density at radius 3 is 2.09 bits per heavy atom. The van der Waals surface area contributed by atoms with Crippen molar-refractivity contribution in [2.75, 3.05) is 0 Å². The summed E-state index contributed by atoms with van der Waals surface area (Å²) in [4.78, 5) is 36.6. The lowest BCUT2D eigenvalue weighted by Crippen LogP contribution is -2.51. The van der Waals surface area contributed by atoms with E-state index < -0.39 is 17.9 Å². The number of benzene rings is 3. The topological polar surface area (TPSA) is 96.5 Å². The first-order valence-corrected chi connectivity index (χ1v) is 10.2. The van der Waals surface area contributed by atoms with E-state index in [-0.39, 0.29) is 5.91 Å². The SMILES string of the molecule is C[C@H](NC(=O)c1ccccc1)C(=O)NNC(=O)c1ccc(COc2ccc(Cl)cc2)cc1. The molecule has 0 unspecified atom stereocenters. The fraction of sp³-hybridized carbons (Fsp3) is 0.125. The Morgan fingerprint density at radius 2 is 1.44 bits per heavy atom. The smallest absolute Gasteiger partial charge is 0.269 e. The molecule has 1 atom stereocenters. The molecule has 3 aromatic rings. The fourth-order valence-corrected chi connectivity index (χ4v) is 2.81. The van der Waals surface area contributed by atoms with Crippen molar-refractivity contribution in [3.05, 3.63) is 101 Å². The number of carbonyl (C=O) groups excluding carboxylic acids is 3. The molecular formula is C24H22ClN3O4. The number of ether oxygens (including phenoxy) is 1. The maximum atomic E-state index is 12.3. The minimum absolute atomic E-state index is 0.332. The van der Waals surface area contributed by atoms with E-state index in [2.05, 4.69) is 16.2 Å². The van der Waals surface area contributed by atoms with Crippen LogP contribution in [0, 0.1) is 0 Å². The molecule has 0 bridgehead atoms. The normalized spacial score (nSPS) is 11.2. The van der Waals surface area contributed by atoms with Gasteiger partial charge in [-0.15, -0.1) is 0 Å². The van der Waals surface area contributed by atoms with Crippen LogP contribution in [0.25, 0.3) is 0 Å². The van der Waals surface area contributed by atoms with Gasteiger partial charge >= 0.3 is 0 Å². The number of hydrogen-bond donors (Lipinski definition) is 3. The monoisotopic (exact) mass is 451 g/mol. The average Bonchev–Trinajstić information content (AvgIpc) is 2.82. The Hall–Kier alpha value is -3.84. The van der Waals surface area contributed by atoms with Crippen LogP contribution in [-0.4, -0.2) is 23.8 Å². The van der Waals surface area contributed by atoms with Gasteiger partial charge in [0.05, 0.1) is 0 Å². The van der Waals surface area contributed by atoms with Gasteiger partial charge in [0.1, 0.15) is 18.4 Å². The van der Waals surface area contributed by atoms with Crippen molar-refractivity contribution in [3.63, 3.8) is 0 Å². The first kappa shape index (κ1) is 22.8. The van der Waals surface area contributed by atoms with Crippen LogP contribution < -0.4 is 20.9 Å². The molecule has 0 aliphatic carbocycles. The third-order valence-electron chi connectivity index (χ3n) is 4.51. The van der Waals surface area contributed by atoms with Crippen LogP contribution >= 0.6 is 11.6 Å². The molecule has 3 aromatic carbocycles. The zero-order valence-corrected chi connectivity index (χ0v) is 18.1. The molecule has 3 amide bonds. The van der Waals surface area contributed by atoms with Crippen LogP contribution in [0.5, 0.6) is 5.75 Å². The second-order valence-corrected chi connectivity index (χ2v) is 7.38. The van der Waals surface area contributed by atoms with Gasteiger partial charge in [0, 0.05) is 16.1 Å². The van der Waals surface area contributed by atoms with Gasteiger partial charge < -0.3 is 10.1 Å². The number of nitrogens with one attached hydrogen (secondary N) is 3. The molecule has 3 rings (SSSR count). The van der Waals surface area contributed by atoms with E-state index in [1.807, 2.05) is 0 Å². The van der Waals surface area contributed by atoms with Crippen LogP contribution in [0.15, 0.2) is 78.9 Å². The lowest BCUT2D eigenvalue weighted by Gasteiger charge is -2.15. The predicted molar refractivity (Wildman–Crippen MR) is 121 cm³/mol. The van der Waals surface area contributed by atoms with Crippen LogP contribution in [0.4, 0.5) is 0 Å². The Labute approximate surface area is 190 Å². The van der Waals surface area contributed by atoms with Gasteiger partial charge in [-0.3, -0.25) is 25.2 Å². The summed E-state index contributed by atoms with van der Waals surface area (Å²) in [5.41, 5.74) is 6.33. The highest BCUT2D eigenvalue weighted by molar-refractivity contribution is 6.30. The summed E-state index contributed by atoms with van der Waals surface area (Å²) in [7, 11) is 0. The maximum absolute atomic E-state index is 12.3. The summed E-state index contributed by atoms with van der Waals surface area (Å²) in [6.07, 6.45) is 0. The Balaban J connectivity index is 1.45. The molecule has 32 heavy (non-hydrogen) atoms. The van der Waals surface area contributed by atoms with Crippen LogP contribution in [0.1, 0.15) is 33.2 Å². The second kappa shape index (κ2) is 11.0. The van der Waals surface area contributed by atoms with Crippen LogP contribution in [0.3, 0.4) is 0 Å². The van der Waals surface area contributed by atoms with E-state index in [4.69, 9.17) is 16.3 Å². The van der Waals surface area contributed by atoms with Gasteiger partial charge in [-0.2, -0.15) is 0 Å². The highest BCUT2D eigenvalue weighted by Gasteiger charge is 2.17. The second-order valence-electron chi connectivity index (χ2n) is 6.94. The Bertz CT molecular complexity index is 1070. The molecule has 0 spiro atoms. The van der Waals surface area contributed by atoms with Crippen molar-refractivity contribution in [1.82, 2.24) is 16.2 Å². The van der Waals surface area contributed by atoms with E-state index in [1.54, 1.807) is 78.9 Å². The highest BCUT2D eigenvalue weighted by atomic mass is 35.5. The van der Waals surface area contributed by atoms with Crippen LogP contribution in [-0.2, 0) is 11.4 Å². The quantitative estimate of drug-likeness (QED) is 0.479. The van der Waals surface area contributed by atoms with E-state index in [9.17, 15) is 14.4 Å².